The number of primary amides is 1. The van der Waals surface area contributed by atoms with Gasteiger partial charge in [-0.05, 0) is 10.4 Å². The summed E-state index contributed by atoms with van der Waals surface area (Å²) in [5.41, 5.74) is 4.78. The van der Waals surface area contributed by atoms with E-state index in [2.05, 4.69) is 20.8 Å². The highest BCUT2D eigenvalue weighted by atomic mass is 16.3. The minimum Gasteiger partial charge on any atom is -0.381 e. The van der Waals surface area contributed by atoms with Crippen LogP contribution in [0.25, 0.3) is 0 Å². The van der Waals surface area contributed by atoms with Crippen molar-refractivity contribution in [2.45, 2.75) is 12.6 Å². The number of tetrazole rings is 1. The molecule has 0 saturated carbocycles. The van der Waals surface area contributed by atoms with Crippen molar-refractivity contribution in [1.82, 2.24) is 25.5 Å². The molecular weight excluding hydrogens is 204 g/mol. The Hall–Kier alpha value is -2.03. The van der Waals surface area contributed by atoms with Crippen molar-refractivity contribution in [2.24, 2.45) is 5.73 Å². The van der Waals surface area contributed by atoms with Gasteiger partial charge in [-0.3, -0.25) is 9.59 Å². The number of rotatable bonds is 5. The summed E-state index contributed by atoms with van der Waals surface area (Å²) < 4.78 is 1.20. The van der Waals surface area contributed by atoms with Gasteiger partial charge in [0, 0.05) is 0 Å². The molecule has 0 saturated heterocycles. The molecule has 0 fully saturated rings. The molecule has 1 unspecified atom stereocenters. The Labute approximate surface area is 84.2 Å². The molecule has 9 heteroatoms. The predicted octanol–water partition coefficient (Wildman–Crippen LogP) is -3.36. The van der Waals surface area contributed by atoms with Gasteiger partial charge in [0.15, 0.2) is 0 Å². The number of nitrogens with two attached hydrogens (primary N) is 1. The highest BCUT2D eigenvalue weighted by Crippen LogP contribution is 1.81. The van der Waals surface area contributed by atoms with Crippen molar-refractivity contribution in [3.8, 4) is 0 Å². The smallest absolute Gasteiger partial charge is 0.248 e. The quantitative estimate of drug-likeness (QED) is 0.468. The first-order chi connectivity index (χ1) is 7.09. The van der Waals surface area contributed by atoms with Gasteiger partial charge in [-0.1, -0.05) is 0 Å². The molecule has 0 spiro atoms. The van der Waals surface area contributed by atoms with Crippen LogP contribution in [0.1, 0.15) is 0 Å². The third kappa shape index (κ3) is 3.68. The van der Waals surface area contributed by atoms with Crippen LogP contribution in [0.4, 0.5) is 0 Å². The van der Waals surface area contributed by atoms with Crippen molar-refractivity contribution >= 4 is 11.8 Å². The average Bonchev–Trinajstić information content (AvgIpc) is 2.66. The summed E-state index contributed by atoms with van der Waals surface area (Å²) in [4.78, 5) is 21.6. The van der Waals surface area contributed by atoms with Gasteiger partial charge in [0.25, 0.3) is 0 Å². The third-order valence-electron chi connectivity index (χ3n) is 1.52. The molecule has 1 aromatic heterocycles. The Balaban J connectivity index is 2.28. The van der Waals surface area contributed by atoms with Gasteiger partial charge < -0.3 is 16.2 Å². The highest BCUT2D eigenvalue weighted by Gasteiger charge is 2.12. The van der Waals surface area contributed by atoms with Gasteiger partial charge in [0.1, 0.15) is 19.0 Å². The van der Waals surface area contributed by atoms with Crippen molar-refractivity contribution in [3.63, 3.8) is 0 Å². The van der Waals surface area contributed by atoms with Crippen LogP contribution in [-0.2, 0) is 16.1 Å². The molecule has 0 aliphatic rings. The summed E-state index contributed by atoms with van der Waals surface area (Å²) >= 11 is 0. The maximum absolute atomic E-state index is 11.1. The van der Waals surface area contributed by atoms with E-state index < -0.39 is 17.9 Å². The summed E-state index contributed by atoms with van der Waals surface area (Å²) in [6.45, 7) is -0.311. The normalized spacial score (nSPS) is 12.1. The molecule has 0 aliphatic heterocycles. The molecule has 82 valence electrons. The van der Waals surface area contributed by atoms with E-state index in [4.69, 9.17) is 10.8 Å². The summed E-state index contributed by atoms with van der Waals surface area (Å²) in [6.07, 6.45) is -0.118. The fourth-order valence-corrected chi connectivity index (χ4v) is 0.767. The largest absolute Gasteiger partial charge is 0.381 e. The van der Waals surface area contributed by atoms with Crippen LogP contribution in [0.5, 0.6) is 0 Å². The first-order valence-corrected chi connectivity index (χ1v) is 4.04. The Morgan fingerprint density at radius 3 is 2.87 bits per heavy atom. The lowest BCUT2D eigenvalue weighted by Gasteiger charge is -2.07. The van der Waals surface area contributed by atoms with E-state index in [1.54, 1.807) is 0 Å². The van der Waals surface area contributed by atoms with Gasteiger partial charge in [-0.2, -0.15) is 0 Å². The number of aromatic nitrogens is 4. The third-order valence-corrected chi connectivity index (χ3v) is 1.52. The molecule has 1 atom stereocenters. The predicted molar refractivity (Wildman–Crippen MR) is 46.0 cm³/mol. The zero-order valence-corrected chi connectivity index (χ0v) is 7.70. The fourth-order valence-electron chi connectivity index (χ4n) is 0.767. The van der Waals surface area contributed by atoms with E-state index in [0.29, 0.717) is 0 Å². The number of hydrogen-bond donors (Lipinski definition) is 3. The second-order valence-corrected chi connectivity index (χ2v) is 2.73. The number of carbonyl (C=O) groups excluding carboxylic acids is 2. The van der Waals surface area contributed by atoms with Gasteiger partial charge >= 0.3 is 0 Å². The maximum Gasteiger partial charge on any atom is 0.248 e. The number of nitrogens with one attached hydrogen (secondary N) is 1. The second kappa shape index (κ2) is 5.00. The van der Waals surface area contributed by atoms with Gasteiger partial charge in [0.2, 0.25) is 11.8 Å². The Morgan fingerprint density at radius 2 is 2.33 bits per heavy atom. The summed E-state index contributed by atoms with van der Waals surface area (Å²) in [5.74, 6) is -1.32. The van der Waals surface area contributed by atoms with E-state index in [0.717, 1.165) is 0 Å². The lowest BCUT2D eigenvalue weighted by molar-refractivity contribution is -0.127. The van der Waals surface area contributed by atoms with Gasteiger partial charge in [-0.15, -0.1) is 5.10 Å². The minimum absolute atomic E-state index is 0.0848. The molecule has 15 heavy (non-hydrogen) atoms. The number of amides is 2. The Bertz CT molecular complexity index is 337. The molecule has 9 nitrogen and oxygen atoms in total. The van der Waals surface area contributed by atoms with Crippen molar-refractivity contribution in [2.75, 3.05) is 6.54 Å². The molecule has 0 aliphatic carbocycles. The van der Waals surface area contributed by atoms with E-state index in [1.165, 1.54) is 11.0 Å². The molecule has 0 aromatic carbocycles. The van der Waals surface area contributed by atoms with Gasteiger partial charge in [0.05, 0.1) is 6.54 Å². The molecule has 1 aromatic rings. The molecular formula is C6H10N6O3. The van der Waals surface area contributed by atoms with Crippen LogP contribution in [0.3, 0.4) is 0 Å². The number of aliphatic hydroxyl groups is 1. The van der Waals surface area contributed by atoms with Crippen LogP contribution < -0.4 is 11.1 Å². The highest BCUT2D eigenvalue weighted by molar-refractivity contribution is 5.80. The van der Waals surface area contributed by atoms with E-state index in [9.17, 15) is 9.59 Å². The van der Waals surface area contributed by atoms with Crippen molar-refractivity contribution in [1.29, 1.82) is 0 Å². The van der Waals surface area contributed by atoms with Crippen LogP contribution in [0.2, 0.25) is 0 Å². The summed E-state index contributed by atoms with van der Waals surface area (Å²) in [7, 11) is 0. The minimum atomic E-state index is -1.39. The monoisotopic (exact) mass is 214 g/mol. The summed E-state index contributed by atoms with van der Waals surface area (Å²) in [5, 5.41) is 21.4. The number of hydrogen-bond acceptors (Lipinski definition) is 6. The van der Waals surface area contributed by atoms with Crippen LogP contribution in [-0.4, -0.2) is 49.8 Å². The maximum atomic E-state index is 11.1. The molecule has 0 radical (unpaired) electrons. The SMILES string of the molecule is NC(=O)C(O)CNC(=O)Cn1cnnn1. The number of aliphatic hydroxyl groups excluding tert-OH is 1. The first kappa shape index (κ1) is 11.0. The van der Waals surface area contributed by atoms with Crippen molar-refractivity contribution in [3.05, 3.63) is 6.33 Å². The van der Waals surface area contributed by atoms with Crippen LogP contribution in [0.15, 0.2) is 6.33 Å². The zero-order chi connectivity index (χ0) is 11.3. The van der Waals surface area contributed by atoms with Crippen LogP contribution in [0, 0.1) is 0 Å². The molecule has 2 amide bonds. The lowest BCUT2D eigenvalue weighted by Crippen LogP contribution is -2.41. The van der Waals surface area contributed by atoms with Gasteiger partial charge in [-0.25, -0.2) is 4.68 Å². The number of carbonyl (C=O) groups is 2. The fraction of sp³-hybridized carbons (Fsp3) is 0.500. The molecule has 0 bridgehead atoms. The van der Waals surface area contributed by atoms with Crippen LogP contribution >= 0.6 is 0 Å². The topological polar surface area (TPSA) is 136 Å². The zero-order valence-electron chi connectivity index (χ0n) is 7.70. The van der Waals surface area contributed by atoms with E-state index in [-0.39, 0.29) is 13.1 Å². The second-order valence-electron chi connectivity index (χ2n) is 2.73. The van der Waals surface area contributed by atoms with E-state index >= 15 is 0 Å². The van der Waals surface area contributed by atoms with Crippen molar-refractivity contribution < 1.29 is 14.7 Å². The molecule has 1 rings (SSSR count). The Kier molecular flexibility index (Phi) is 3.68. The first-order valence-electron chi connectivity index (χ1n) is 4.04. The van der Waals surface area contributed by atoms with E-state index in [1.807, 2.05) is 0 Å². The number of nitrogens with zero attached hydrogens (tertiary/aromatic N) is 4. The average molecular weight is 214 g/mol. The molecule has 1 heterocycles. The Morgan fingerprint density at radius 1 is 1.60 bits per heavy atom. The summed E-state index contributed by atoms with van der Waals surface area (Å²) in [6, 6.07) is 0. The standard InChI is InChI=1S/C6H10N6O3/c7-6(15)4(13)1-8-5(14)2-12-3-9-10-11-12/h3-4,13H,1-2H2,(H2,7,15)(H,8,14). The molecule has 4 N–H and O–H groups in total. The lowest BCUT2D eigenvalue weighted by atomic mass is 10.3.